The van der Waals surface area contributed by atoms with Crippen LogP contribution >= 0.6 is 11.9 Å². The van der Waals surface area contributed by atoms with Gasteiger partial charge in [-0.15, -0.1) is 0 Å². The van der Waals surface area contributed by atoms with Crippen LogP contribution in [0.3, 0.4) is 0 Å². The summed E-state index contributed by atoms with van der Waals surface area (Å²) in [6.45, 7) is 7.78. The summed E-state index contributed by atoms with van der Waals surface area (Å²) in [5.74, 6) is 0.602. The van der Waals surface area contributed by atoms with Gasteiger partial charge in [0.1, 0.15) is 0 Å². The third-order valence-corrected chi connectivity index (χ3v) is 7.02. The number of anilines is 2. The van der Waals surface area contributed by atoms with Gasteiger partial charge in [0.2, 0.25) is 5.88 Å². The standard InChI is InChI=1S/C26H31N5O3S/c1-32-26-25(17-23(18-28-26)31-10-14-34-15-11-31)35-29-22-6-7-27-24(16-22)21-4-2-20(3-5-21)19-30-8-12-33-13-9-30/h2-7,16-18H,8-15,19H2,1H3,(H,27,29). The van der Waals surface area contributed by atoms with Crippen LogP contribution in [0.2, 0.25) is 0 Å². The Labute approximate surface area is 210 Å². The number of nitrogens with one attached hydrogen (secondary N) is 1. The van der Waals surface area contributed by atoms with Crippen molar-refractivity contribution in [2.45, 2.75) is 11.4 Å². The van der Waals surface area contributed by atoms with E-state index in [0.717, 1.165) is 86.7 Å². The van der Waals surface area contributed by atoms with E-state index in [0.29, 0.717) is 5.88 Å². The predicted octanol–water partition coefficient (Wildman–Crippen LogP) is 3.94. The number of benzene rings is 1. The van der Waals surface area contributed by atoms with Gasteiger partial charge in [0.05, 0.1) is 56.0 Å². The lowest BCUT2D eigenvalue weighted by molar-refractivity contribution is 0.0342. The summed E-state index contributed by atoms with van der Waals surface area (Å²) < 4.78 is 19.9. The molecular formula is C26H31N5O3S. The zero-order valence-electron chi connectivity index (χ0n) is 20.0. The largest absolute Gasteiger partial charge is 0.480 e. The minimum absolute atomic E-state index is 0.602. The molecule has 9 heteroatoms. The molecule has 1 N–H and O–H groups in total. The van der Waals surface area contributed by atoms with Crippen molar-refractivity contribution >= 4 is 23.3 Å². The Morgan fingerprint density at radius 3 is 2.43 bits per heavy atom. The molecule has 2 aliphatic rings. The van der Waals surface area contributed by atoms with Crippen LogP contribution in [0.5, 0.6) is 5.88 Å². The predicted molar refractivity (Wildman–Crippen MR) is 139 cm³/mol. The van der Waals surface area contributed by atoms with Crippen molar-refractivity contribution in [2.24, 2.45) is 0 Å². The van der Waals surface area contributed by atoms with Crippen molar-refractivity contribution in [1.29, 1.82) is 0 Å². The topological polar surface area (TPSA) is 72.0 Å². The molecule has 0 bridgehead atoms. The first kappa shape index (κ1) is 23.9. The fourth-order valence-electron chi connectivity index (χ4n) is 4.21. The number of pyridine rings is 2. The molecule has 0 atom stereocenters. The third-order valence-electron chi connectivity index (χ3n) is 6.17. The summed E-state index contributed by atoms with van der Waals surface area (Å²) in [6, 6.07) is 14.8. The van der Waals surface area contributed by atoms with Gasteiger partial charge < -0.3 is 23.8 Å². The van der Waals surface area contributed by atoms with Crippen LogP contribution in [0, 0.1) is 0 Å². The van der Waals surface area contributed by atoms with Crippen LogP contribution in [0.4, 0.5) is 11.4 Å². The fraction of sp³-hybridized carbons (Fsp3) is 0.385. The molecule has 0 amide bonds. The Morgan fingerprint density at radius 1 is 0.943 bits per heavy atom. The molecule has 0 spiro atoms. The number of ether oxygens (including phenoxy) is 3. The number of hydrogen-bond donors (Lipinski definition) is 1. The van der Waals surface area contributed by atoms with Gasteiger partial charge in [-0.3, -0.25) is 9.88 Å². The summed E-state index contributed by atoms with van der Waals surface area (Å²) in [4.78, 5) is 14.7. The van der Waals surface area contributed by atoms with Crippen LogP contribution in [-0.2, 0) is 16.0 Å². The molecule has 2 saturated heterocycles. The normalized spacial score (nSPS) is 16.8. The molecule has 2 aromatic heterocycles. The second-order valence-corrected chi connectivity index (χ2v) is 9.37. The maximum absolute atomic E-state index is 5.50. The molecule has 8 nitrogen and oxygen atoms in total. The molecule has 5 rings (SSSR count). The highest BCUT2D eigenvalue weighted by Crippen LogP contribution is 2.32. The van der Waals surface area contributed by atoms with Crippen molar-refractivity contribution in [3.63, 3.8) is 0 Å². The first-order valence-corrected chi connectivity index (χ1v) is 12.8. The second-order valence-electron chi connectivity index (χ2n) is 8.52. The Morgan fingerprint density at radius 2 is 1.69 bits per heavy atom. The molecule has 0 aliphatic carbocycles. The van der Waals surface area contributed by atoms with Crippen LogP contribution < -0.4 is 14.4 Å². The van der Waals surface area contributed by atoms with Crippen LogP contribution in [-0.4, -0.2) is 74.6 Å². The molecule has 184 valence electrons. The van der Waals surface area contributed by atoms with E-state index in [1.165, 1.54) is 17.5 Å². The van der Waals surface area contributed by atoms with Crippen LogP contribution in [0.15, 0.2) is 59.8 Å². The van der Waals surface area contributed by atoms with Crippen LogP contribution in [0.1, 0.15) is 5.56 Å². The average molecular weight is 494 g/mol. The van der Waals surface area contributed by atoms with E-state index in [4.69, 9.17) is 14.2 Å². The number of morpholine rings is 2. The van der Waals surface area contributed by atoms with Crippen molar-refractivity contribution in [1.82, 2.24) is 14.9 Å². The van der Waals surface area contributed by atoms with Crippen molar-refractivity contribution in [3.05, 3.63) is 60.4 Å². The molecule has 0 radical (unpaired) electrons. The highest BCUT2D eigenvalue weighted by Gasteiger charge is 2.15. The maximum atomic E-state index is 5.50. The summed E-state index contributed by atoms with van der Waals surface area (Å²) in [7, 11) is 1.65. The Hall–Kier alpha value is -2.85. The van der Waals surface area contributed by atoms with Gasteiger partial charge in [-0.2, -0.15) is 0 Å². The Balaban J connectivity index is 1.25. The molecule has 2 aliphatic heterocycles. The number of rotatable bonds is 8. The molecule has 3 aromatic rings. The van der Waals surface area contributed by atoms with Gasteiger partial charge in [-0.1, -0.05) is 24.3 Å². The van der Waals surface area contributed by atoms with Crippen LogP contribution in [0.25, 0.3) is 11.3 Å². The number of hydrogen-bond acceptors (Lipinski definition) is 9. The van der Waals surface area contributed by atoms with Gasteiger partial charge in [-0.25, -0.2) is 4.98 Å². The summed E-state index contributed by atoms with van der Waals surface area (Å²) in [5.41, 5.74) is 5.38. The first-order chi connectivity index (χ1) is 17.3. The molecule has 4 heterocycles. The minimum Gasteiger partial charge on any atom is -0.480 e. The minimum atomic E-state index is 0.602. The first-order valence-electron chi connectivity index (χ1n) is 11.9. The highest BCUT2D eigenvalue weighted by atomic mass is 32.2. The van der Waals surface area contributed by atoms with Crippen molar-refractivity contribution in [2.75, 3.05) is 69.3 Å². The van der Waals surface area contributed by atoms with Gasteiger partial charge in [0.25, 0.3) is 0 Å². The van der Waals surface area contributed by atoms with Crippen molar-refractivity contribution < 1.29 is 14.2 Å². The fourth-order valence-corrected chi connectivity index (χ4v) is 4.96. The number of methoxy groups -OCH3 is 1. The summed E-state index contributed by atoms with van der Waals surface area (Å²) in [5, 5.41) is 0. The van der Waals surface area contributed by atoms with Gasteiger partial charge in [-0.05, 0) is 35.7 Å². The van der Waals surface area contributed by atoms with E-state index in [9.17, 15) is 0 Å². The third kappa shape index (κ3) is 6.24. The number of nitrogens with zero attached hydrogens (tertiary/aromatic N) is 4. The Kier molecular flexibility index (Phi) is 7.99. The maximum Gasteiger partial charge on any atom is 0.229 e. The van der Waals surface area contributed by atoms with E-state index >= 15 is 0 Å². The molecule has 35 heavy (non-hydrogen) atoms. The second kappa shape index (κ2) is 11.7. The quantitative estimate of drug-likeness (QED) is 0.470. The highest BCUT2D eigenvalue weighted by molar-refractivity contribution is 8.00. The molecule has 0 unspecified atom stereocenters. The van der Waals surface area contributed by atoms with Gasteiger partial charge in [0.15, 0.2) is 0 Å². The molecule has 2 fully saturated rings. The summed E-state index contributed by atoms with van der Waals surface area (Å²) >= 11 is 1.49. The lowest BCUT2D eigenvalue weighted by atomic mass is 10.1. The van der Waals surface area contributed by atoms with E-state index in [1.807, 2.05) is 18.5 Å². The molecular weight excluding hydrogens is 462 g/mol. The average Bonchev–Trinajstić information content (AvgIpc) is 2.93. The van der Waals surface area contributed by atoms with E-state index in [2.05, 4.69) is 60.9 Å². The summed E-state index contributed by atoms with van der Waals surface area (Å²) in [6.07, 6.45) is 3.70. The van der Waals surface area contributed by atoms with Gasteiger partial charge >= 0.3 is 0 Å². The number of aromatic nitrogens is 2. The van der Waals surface area contributed by atoms with E-state index in [1.54, 1.807) is 7.11 Å². The smallest absolute Gasteiger partial charge is 0.229 e. The molecule has 1 aromatic carbocycles. The zero-order valence-corrected chi connectivity index (χ0v) is 20.8. The van der Waals surface area contributed by atoms with E-state index in [-0.39, 0.29) is 0 Å². The van der Waals surface area contributed by atoms with E-state index < -0.39 is 0 Å². The SMILES string of the molecule is COc1ncc(N2CCOCC2)cc1SNc1ccnc(-c2ccc(CN3CCOCC3)cc2)c1. The lowest BCUT2D eigenvalue weighted by Crippen LogP contribution is -2.36. The monoisotopic (exact) mass is 493 g/mol. The molecule has 0 saturated carbocycles. The van der Waals surface area contributed by atoms with Gasteiger partial charge in [0, 0.05) is 50.2 Å². The lowest BCUT2D eigenvalue weighted by Gasteiger charge is -2.29. The van der Waals surface area contributed by atoms with Crippen molar-refractivity contribution in [3.8, 4) is 17.1 Å². The zero-order chi connectivity index (χ0) is 23.9. The Bertz CT molecular complexity index is 1100.